The Balaban J connectivity index is 0.000000133. The number of alkyl halides is 1. The molecule has 106 heavy (non-hydrogen) atoms. The molecule has 0 bridgehead atoms. The first-order valence-electron chi connectivity index (χ1n) is 38.3. The van der Waals surface area contributed by atoms with Gasteiger partial charge in [-0.15, -0.1) is 0 Å². The normalized spacial score (nSPS) is 25.5. The predicted molar refractivity (Wildman–Crippen MR) is 429 cm³/mol. The minimum Gasteiger partial charge on any atom is -0.416 e. The average molecular weight is 1490 g/mol. The summed E-state index contributed by atoms with van der Waals surface area (Å²) >= 11 is 0. The minimum atomic E-state index is -1.77. The van der Waals surface area contributed by atoms with Crippen LogP contribution in [-0.2, 0) is 69.7 Å². The third-order valence-electron chi connectivity index (χ3n) is 24.0. The van der Waals surface area contributed by atoms with E-state index in [4.69, 9.17) is 42.3 Å². The van der Waals surface area contributed by atoms with E-state index in [1.54, 1.807) is 13.2 Å². The second kappa shape index (κ2) is 33.5. The van der Waals surface area contributed by atoms with Gasteiger partial charge < -0.3 is 68.8 Å². The van der Waals surface area contributed by atoms with Crippen LogP contribution in [0.15, 0.2) is 91.0 Å². The summed E-state index contributed by atoms with van der Waals surface area (Å²) in [6, 6.07) is 28.1. The Morgan fingerprint density at radius 2 is 0.708 bits per heavy atom. The number of methoxy groups -OCH3 is 1. The van der Waals surface area contributed by atoms with Gasteiger partial charge in [0.15, 0.2) is 16.6 Å². The number of nitrogens with zero attached hydrogens (tertiary/aromatic N) is 5. The number of ether oxygens (including phenoxy) is 1. The van der Waals surface area contributed by atoms with Crippen molar-refractivity contribution < 1.29 is 42.0 Å². The largest absolute Gasteiger partial charge is 0.416 e. The van der Waals surface area contributed by atoms with Crippen molar-refractivity contribution in [3.63, 3.8) is 0 Å². The van der Waals surface area contributed by atoms with Gasteiger partial charge in [0, 0.05) is 110 Å². The number of fused-ring (bicyclic) bond motifs is 5. The third-order valence-corrected chi connectivity index (χ3v) is 33.0. The summed E-state index contributed by atoms with van der Waals surface area (Å²) in [5, 5.41) is 15.3. The fourth-order valence-electron chi connectivity index (χ4n) is 15.6. The Bertz CT molecular complexity index is 3980. The number of benzene rings is 5. The number of hydrogen-bond acceptors (Lipinski definition) is 18. The van der Waals surface area contributed by atoms with Crippen LogP contribution in [0.4, 0.5) is 61.3 Å². The first-order valence-corrected chi connectivity index (χ1v) is 44.1. The molecule has 10 aliphatic rings. The maximum Gasteiger partial charge on any atom is 0.242 e. The van der Waals surface area contributed by atoms with Crippen LogP contribution in [0.25, 0.3) is 0 Å². The highest BCUT2D eigenvalue weighted by Gasteiger charge is 2.45. The van der Waals surface area contributed by atoms with Gasteiger partial charge in [-0.05, 0) is 233 Å². The Kier molecular flexibility index (Phi) is 25.2. The van der Waals surface area contributed by atoms with Crippen LogP contribution < -0.4 is 55.3 Å². The smallest absolute Gasteiger partial charge is 0.242 e. The molecule has 15 N–H and O–H groups in total. The average Bonchev–Trinajstić information content (AvgIpc) is 1.59. The number of likely N-dealkylation sites (tertiary alicyclic amines) is 5. The standard InChI is InChI=1S/C20H33N3O2Si.C19H31N3O2Si.C15H21N3O2.C13H16FN3O.C13H17N3O/c1-20(2,3)26(4,5)25-13-14-8-9-23(12-14)18-10-15-6-7-16(21)11-17(15)22-19(18)24;1-19(2,3)25(4,5)24-15-8-9-22(12-15)17-10-13-6-7-14(20)11-16(13)21-18(17)23;1-20-9-10-4-5-18(8-10)14-6-11-2-3-12(16)7-13(11)17-15(14)19;14-9-3-4-17(7-9)12-5-8-1-2-10(15)6-11(8)16-13(12)18;14-10-4-3-9-7-12(16-5-1-2-6-16)13(17)15-11(9)8-10/h6-7,11,14,18H,8-10,12-13,21H2,1-5H3,(H,22,24);6-7,11,15,17H,8-10,12,20H2,1-5H3,(H,21,23);2-3,7,10,14H,4-6,8-9,16H2,1H3,(H,17,19);1-2,6,9,12H,3-5,7,15H2,(H,16,18);3-4,8,12H,1-2,5-7,14H2,(H,15,17)/t14-,18?;15-,17?;10-,14?;9-,12?;/m1111./s1. The Hall–Kier alpha value is -7.51. The molecule has 26 heteroatoms. The summed E-state index contributed by atoms with van der Waals surface area (Å²) in [5.74, 6) is 1.37. The van der Waals surface area contributed by atoms with Gasteiger partial charge in [0.25, 0.3) is 0 Å². The summed E-state index contributed by atoms with van der Waals surface area (Å²) in [5.41, 5.74) is 42.2. The summed E-state index contributed by atoms with van der Waals surface area (Å²) in [4.78, 5) is 72.7. The lowest BCUT2D eigenvalue weighted by Gasteiger charge is -2.38. The molecule has 5 unspecified atom stereocenters. The lowest BCUT2D eigenvalue weighted by atomic mass is 9.97. The quantitative estimate of drug-likeness (QED) is 0.0410. The molecule has 5 amide bonds. The highest BCUT2D eigenvalue weighted by Crippen LogP contribution is 2.41. The lowest BCUT2D eigenvalue weighted by Crippen LogP contribution is -2.48. The van der Waals surface area contributed by atoms with E-state index in [-0.39, 0.29) is 75.9 Å². The summed E-state index contributed by atoms with van der Waals surface area (Å²) in [7, 11) is -1.75. The molecule has 0 aromatic heterocycles. The SMILES string of the molecule is CC(C)(C)[Si](C)(C)OC[C@@H]1CCN(C2Cc3ccc(N)cc3NC2=O)C1.CC(C)(C)[Si](C)(C)O[C@@H]1CCN(C2Cc3ccc(N)cc3NC2=O)C1.COC[C@@H]1CCN(C2Cc3ccc(N)cc3NC2=O)C1.Nc1ccc2c(c1)NC(=O)C(N1CCCC1)C2.Nc1ccc2c(c1)NC(=O)C(N1CC[C@@H](F)C1)C2. The van der Waals surface area contributed by atoms with Crippen LogP contribution in [0, 0.1) is 11.8 Å². The molecule has 5 aromatic carbocycles. The number of nitrogens with two attached hydrogens (primary N) is 5. The van der Waals surface area contributed by atoms with Crippen molar-refractivity contribution in [3.8, 4) is 0 Å². The van der Waals surface area contributed by atoms with Crippen LogP contribution >= 0.6 is 0 Å². The molecule has 10 aliphatic heterocycles. The van der Waals surface area contributed by atoms with Crippen molar-refractivity contribution in [3.05, 3.63) is 119 Å². The zero-order chi connectivity index (χ0) is 76.2. The lowest BCUT2D eigenvalue weighted by molar-refractivity contribution is -0.122. The molecule has 0 aliphatic carbocycles. The number of carbonyl (C=O) groups excluding carboxylic acids is 5. The molecule has 10 heterocycles. The Morgan fingerprint density at radius 3 is 1.03 bits per heavy atom. The van der Waals surface area contributed by atoms with E-state index in [0.717, 1.165) is 150 Å². The second-order valence-corrected chi connectivity index (χ2v) is 43.4. The van der Waals surface area contributed by atoms with E-state index in [9.17, 15) is 28.4 Å². The van der Waals surface area contributed by atoms with E-state index in [1.165, 1.54) is 29.5 Å². The molecule has 5 aromatic rings. The Labute approximate surface area is 628 Å². The molecule has 5 fully saturated rings. The number of anilines is 10. The van der Waals surface area contributed by atoms with Crippen molar-refractivity contribution >= 4 is 103 Å². The summed E-state index contributed by atoms with van der Waals surface area (Å²) in [6.45, 7) is 33.1. The van der Waals surface area contributed by atoms with Gasteiger partial charge in [0.05, 0.1) is 42.9 Å². The molecule has 9 atom stereocenters. The topological polar surface area (TPSA) is 319 Å². The van der Waals surface area contributed by atoms with Gasteiger partial charge in [0.2, 0.25) is 29.5 Å². The van der Waals surface area contributed by atoms with E-state index >= 15 is 0 Å². The molecule has 576 valence electrons. The minimum absolute atomic E-state index is 0.00799. The summed E-state index contributed by atoms with van der Waals surface area (Å²) in [6.07, 6.45) is 9.30. The first kappa shape index (κ1) is 79.5. The maximum atomic E-state index is 13.2. The highest BCUT2D eigenvalue weighted by atomic mass is 28.4. The number of nitrogens with one attached hydrogen (secondary N) is 5. The summed E-state index contributed by atoms with van der Waals surface area (Å²) < 4.78 is 31.4. The van der Waals surface area contributed by atoms with Gasteiger partial charge in [-0.25, -0.2) is 4.39 Å². The first-order chi connectivity index (χ1) is 50.2. The molecular weight excluding hydrogens is 1370 g/mol. The van der Waals surface area contributed by atoms with Crippen molar-refractivity contribution in [1.29, 1.82) is 0 Å². The molecule has 0 saturated carbocycles. The number of nitrogen functional groups attached to an aromatic ring is 5. The number of amides is 5. The fraction of sp³-hybridized carbons (Fsp3) is 0.562. The van der Waals surface area contributed by atoms with E-state index < -0.39 is 22.8 Å². The molecule has 0 radical (unpaired) electrons. The number of halogens is 1. The zero-order valence-electron chi connectivity index (χ0n) is 64.4. The van der Waals surface area contributed by atoms with Crippen LogP contribution in [-0.4, -0.2) is 199 Å². The Morgan fingerprint density at radius 1 is 0.406 bits per heavy atom. The molecule has 0 spiro atoms. The number of carbonyl (C=O) groups is 5. The molecule has 15 rings (SSSR count). The highest BCUT2D eigenvalue weighted by molar-refractivity contribution is 6.74. The van der Waals surface area contributed by atoms with Gasteiger partial charge in [-0.3, -0.25) is 48.5 Å². The predicted octanol–water partition coefficient (Wildman–Crippen LogP) is 10.2. The second-order valence-electron chi connectivity index (χ2n) is 33.9. The zero-order valence-corrected chi connectivity index (χ0v) is 66.4. The van der Waals surface area contributed by atoms with E-state index in [1.807, 2.05) is 89.8 Å². The fourth-order valence-corrected chi connectivity index (χ4v) is 18.1. The van der Waals surface area contributed by atoms with Crippen LogP contribution in [0.5, 0.6) is 0 Å². The van der Waals surface area contributed by atoms with E-state index in [2.05, 4.69) is 114 Å². The van der Waals surface area contributed by atoms with Crippen LogP contribution in [0.2, 0.25) is 36.3 Å². The van der Waals surface area contributed by atoms with Gasteiger partial charge in [-0.2, -0.15) is 0 Å². The van der Waals surface area contributed by atoms with Crippen molar-refractivity contribution in [1.82, 2.24) is 24.5 Å². The van der Waals surface area contributed by atoms with Gasteiger partial charge in [0.1, 0.15) is 6.17 Å². The van der Waals surface area contributed by atoms with Gasteiger partial charge in [-0.1, -0.05) is 71.9 Å². The molecular formula is C80H118FN15O8Si2. The van der Waals surface area contributed by atoms with Crippen molar-refractivity contribution in [2.45, 2.75) is 191 Å². The number of rotatable bonds is 12. The van der Waals surface area contributed by atoms with E-state index in [0.29, 0.717) is 66.2 Å². The van der Waals surface area contributed by atoms with Crippen LogP contribution in [0.3, 0.4) is 0 Å². The van der Waals surface area contributed by atoms with Crippen LogP contribution in [0.1, 0.15) is 108 Å². The van der Waals surface area contributed by atoms with Gasteiger partial charge >= 0.3 is 0 Å². The third kappa shape index (κ3) is 19.5. The monoisotopic (exact) mass is 1490 g/mol. The van der Waals surface area contributed by atoms with Crippen molar-refractivity contribution in [2.24, 2.45) is 11.8 Å². The number of hydrogen-bond donors (Lipinski definition) is 10. The maximum absolute atomic E-state index is 13.2. The molecule has 5 saturated heterocycles. The van der Waals surface area contributed by atoms with Crippen molar-refractivity contribution in [2.75, 3.05) is 141 Å². The molecule has 23 nitrogen and oxygen atoms in total.